The number of halogens is 1. The van der Waals surface area contributed by atoms with Gasteiger partial charge in [-0.3, -0.25) is 4.79 Å². The summed E-state index contributed by atoms with van der Waals surface area (Å²) in [6.45, 7) is 5.04. The van der Waals surface area contributed by atoms with Gasteiger partial charge in [-0.25, -0.2) is 19.3 Å². The van der Waals surface area contributed by atoms with Crippen molar-refractivity contribution in [1.29, 1.82) is 0 Å². The second-order valence-corrected chi connectivity index (χ2v) is 9.30. The SMILES string of the molecule is Cc1cc(C(=O)N2CCC[C@@H](c3ncc(Cc4ccc(F)cc4)o3)C2)nc(N2CCCCC2)n1. The lowest BCUT2D eigenvalue weighted by atomic mass is 9.97. The third kappa shape index (κ3) is 5.11. The third-order valence-corrected chi connectivity index (χ3v) is 6.62. The van der Waals surface area contributed by atoms with Gasteiger partial charge in [0.1, 0.15) is 17.3 Å². The number of piperidine rings is 2. The number of anilines is 1. The van der Waals surface area contributed by atoms with E-state index in [1.807, 2.05) is 11.8 Å². The Hall–Kier alpha value is -3.29. The second-order valence-electron chi connectivity index (χ2n) is 9.30. The third-order valence-electron chi connectivity index (χ3n) is 6.62. The minimum absolute atomic E-state index is 0.0455. The summed E-state index contributed by atoms with van der Waals surface area (Å²) >= 11 is 0. The molecule has 2 fully saturated rings. The van der Waals surface area contributed by atoms with Gasteiger partial charge in [-0.2, -0.15) is 0 Å². The maximum absolute atomic E-state index is 13.4. The van der Waals surface area contributed by atoms with Crippen LogP contribution < -0.4 is 4.90 Å². The fourth-order valence-corrected chi connectivity index (χ4v) is 4.82. The number of rotatable bonds is 5. The van der Waals surface area contributed by atoms with Crippen LogP contribution >= 0.6 is 0 Å². The molecule has 178 valence electrons. The zero-order chi connectivity index (χ0) is 23.5. The predicted octanol–water partition coefficient (Wildman–Crippen LogP) is 4.51. The minimum Gasteiger partial charge on any atom is -0.445 e. The number of nitrogens with zero attached hydrogens (tertiary/aromatic N) is 5. The molecule has 1 amide bonds. The zero-order valence-electron chi connectivity index (χ0n) is 19.5. The Bertz CT molecular complexity index is 1140. The van der Waals surface area contributed by atoms with Crippen molar-refractivity contribution in [2.75, 3.05) is 31.1 Å². The van der Waals surface area contributed by atoms with Crippen LogP contribution in [0.4, 0.5) is 10.3 Å². The molecule has 0 spiro atoms. The van der Waals surface area contributed by atoms with Crippen LogP contribution in [0.5, 0.6) is 0 Å². The summed E-state index contributed by atoms with van der Waals surface area (Å²) < 4.78 is 19.2. The van der Waals surface area contributed by atoms with E-state index in [9.17, 15) is 9.18 Å². The average molecular weight is 464 g/mol. The van der Waals surface area contributed by atoms with E-state index in [0.717, 1.165) is 55.8 Å². The molecule has 1 atom stereocenters. The van der Waals surface area contributed by atoms with Crippen LogP contribution in [-0.2, 0) is 6.42 Å². The monoisotopic (exact) mass is 463 g/mol. The molecule has 5 rings (SSSR count). The first-order valence-corrected chi connectivity index (χ1v) is 12.1. The van der Waals surface area contributed by atoms with Gasteiger partial charge in [-0.1, -0.05) is 12.1 Å². The molecule has 0 unspecified atom stereocenters. The van der Waals surface area contributed by atoms with Gasteiger partial charge in [-0.15, -0.1) is 0 Å². The van der Waals surface area contributed by atoms with Crippen molar-refractivity contribution in [2.45, 2.75) is 51.4 Å². The van der Waals surface area contributed by atoms with Crippen LogP contribution in [-0.4, -0.2) is 51.9 Å². The van der Waals surface area contributed by atoms with E-state index in [0.29, 0.717) is 37.0 Å². The van der Waals surface area contributed by atoms with Gasteiger partial charge in [0, 0.05) is 38.3 Å². The van der Waals surface area contributed by atoms with Gasteiger partial charge in [0.05, 0.1) is 12.1 Å². The Morgan fingerprint density at radius 3 is 2.68 bits per heavy atom. The molecule has 4 heterocycles. The number of oxazole rings is 1. The summed E-state index contributed by atoms with van der Waals surface area (Å²) in [6, 6.07) is 8.18. The minimum atomic E-state index is -0.254. The Morgan fingerprint density at radius 1 is 1.09 bits per heavy atom. The van der Waals surface area contributed by atoms with Crippen molar-refractivity contribution in [3.63, 3.8) is 0 Å². The normalized spacial score (nSPS) is 18.8. The van der Waals surface area contributed by atoms with Gasteiger partial charge < -0.3 is 14.2 Å². The van der Waals surface area contributed by atoms with Crippen molar-refractivity contribution in [3.05, 3.63) is 70.9 Å². The number of aromatic nitrogens is 3. The van der Waals surface area contributed by atoms with Crippen LogP contribution in [0.1, 0.15) is 71.4 Å². The largest absolute Gasteiger partial charge is 0.445 e. The van der Waals surface area contributed by atoms with E-state index in [4.69, 9.17) is 4.42 Å². The van der Waals surface area contributed by atoms with Gasteiger partial charge in [-0.05, 0) is 62.8 Å². The standard InChI is InChI=1S/C26H30FN5O2/c1-18-14-23(30-26(29-18)31-11-3-2-4-12-31)25(33)32-13-5-6-20(17-32)24-28-16-22(34-24)15-19-7-9-21(27)10-8-19/h7-10,14,16,20H,2-6,11-13,15,17H2,1H3/t20-/m1/s1. The van der Waals surface area contributed by atoms with Crippen molar-refractivity contribution >= 4 is 11.9 Å². The molecule has 0 radical (unpaired) electrons. The number of carbonyl (C=O) groups is 1. The van der Waals surface area contributed by atoms with E-state index in [1.165, 1.54) is 18.6 Å². The lowest BCUT2D eigenvalue weighted by Crippen LogP contribution is -2.40. The summed E-state index contributed by atoms with van der Waals surface area (Å²) in [4.78, 5) is 31.1. The van der Waals surface area contributed by atoms with E-state index in [-0.39, 0.29) is 17.6 Å². The highest BCUT2D eigenvalue weighted by molar-refractivity contribution is 5.92. The van der Waals surface area contributed by atoms with Gasteiger partial charge >= 0.3 is 0 Å². The molecule has 8 heteroatoms. The van der Waals surface area contributed by atoms with Crippen molar-refractivity contribution in [1.82, 2.24) is 19.9 Å². The molecule has 7 nitrogen and oxygen atoms in total. The first-order chi connectivity index (χ1) is 16.5. The van der Waals surface area contributed by atoms with E-state index in [2.05, 4.69) is 19.9 Å². The Kier molecular flexibility index (Phi) is 6.56. The van der Waals surface area contributed by atoms with E-state index < -0.39 is 0 Å². The number of benzene rings is 1. The van der Waals surface area contributed by atoms with E-state index in [1.54, 1.807) is 24.4 Å². The first-order valence-electron chi connectivity index (χ1n) is 12.1. The quantitative estimate of drug-likeness (QED) is 0.554. The molecule has 2 saturated heterocycles. The Labute approximate surface area is 199 Å². The zero-order valence-corrected chi connectivity index (χ0v) is 19.5. The van der Waals surface area contributed by atoms with Crippen molar-refractivity contribution < 1.29 is 13.6 Å². The first kappa shape index (κ1) is 22.5. The average Bonchev–Trinajstić information content (AvgIpc) is 3.34. The molecular formula is C26H30FN5O2. The second kappa shape index (κ2) is 9.91. The van der Waals surface area contributed by atoms with Crippen LogP contribution in [0.15, 0.2) is 40.9 Å². The summed E-state index contributed by atoms with van der Waals surface area (Å²) in [5.41, 5.74) is 2.23. The number of hydrogen-bond acceptors (Lipinski definition) is 6. The smallest absolute Gasteiger partial charge is 0.272 e. The molecule has 2 aliphatic heterocycles. The fraction of sp³-hybridized carbons (Fsp3) is 0.462. The number of hydrogen-bond donors (Lipinski definition) is 0. The van der Waals surface area contributed by atoms with E-state index >= 15 is 0 Å². The summed E-state index contributed by atoms with van der Waals surface area (Å²) in [7, 11) is 0. The molecule has 0 aliphatic carbocycles. The summed E-state index contributed by atoms with van der Waals surface area (Å²) in [6.07, 6.45) is 7.59. The lowest BCUT2D eigenvalue weighted by molar-refractivity contribution is 0.0691. The maximum Gasteiger partial charge on any atom is 0.272 e. The number of likely N-dealkylation sites (tertiary alicyclic amines) is 1. The van der Waals surface area contributed by atoms with Crippen molar-refractivity contribution in [3.8, 4) is 0 Å². The van der Waals surface area contributed by atoms with Gasteiger partial charge in [0.2, 0.25) is 5.95 Å². The van der Waals surface area contributed by atoms with Crippen LogP contribution in [0.25, 0.3) is 0 Å². The number of amides is 1. The number of aryl methyl sites for hydroxylation is 1. The van der Waals surface area contributed by atoms with Crippen LogP contribution in [0.2, 0.25) is 0 Å². The molecule has 2 aliphatic rings. The highest BCUT2D eigenvalue weighted by atomic mass is 19.1. The predicted molar refractivity (Wildman–Crippen MR) is 126 cm³/mol. The highest BCUT2D eigenvalue weighted by Crippen LogP contribution is 2.28. The summed E-state index contributed by atoms with van der Waals surface area (Å²) in [5, 5.41) is 0. The van der Waals surface area contributed by atoms with Crippen molar-refractivity contribution in [2.24, 2.45) is 0 Å². The molecule has 3 aromatic rings. The molecule has 0 saturated carbocycles. The highest BCUT2D eigenvalue weighted by Gasteiger charge is 2.29. The van der Waals surface area contributed by atoms with Crippen LogP contribution in [0.3, 0.4) is 0 Å². The van der Waals surface area contributed by atoms with Gasteiger partial charge in [0.15, 0.2) is 5.89 Å². The Morgan fingerprint density at radius 2 is 1.88 bits per heavy atom. The molecule has 34 heavy (non-hydrogen) atoms. The molecule has 0 N–H and O–H groups in total. The molecule has 0 bridgehead atoms. The lowest BCUT2D eigenvalue weighted by Gasteiger charge is -2.31. The molecule has 2 aromatic heterocycles. The Balaban J connectivity index is 1.27. The topological polar surface area (TPSA) is 75.4 Å². The van der Waals surface area contributed by atoms with Crippen LogP contribution in [0, 0.1) is 12.7 Å². The number of carbonyl (C=O) groups excluding carboxylic acids is 1. The maximum atomic E-state index is 13.4. The van der Waals surface area contributed by atoms with Gasteiger partial charge in [0.25, 0.3) is 5.91 Å². The molecular weight excluding hydrogens is 433 g/mol. The fourth-order valence-electron chi connectivity index (χ4n) is 4.82. The summed E-state index contributed by atoms with van der Waals surface area (Å²) in [5.74, 6) is 1.78. The molecule has 1 aromatic carbocycles.